The summed E-state index contributed by atoms with van der Waals surface area (Å²) in [6.45, 7) is 7.02. The first kappa shape index (κ1) is 16.4. The van der Waals surface area contributed by atoms with E-state index < -0.39 is 5.60 Å². The fourth-order valence-electron chi connectivity index (χ4n) is 2.29. The number of rotatable bonds is 2. The van der Waals surface area contributed by atoms with Crippen molar-refractivity contribution < 1.29 is 5.11 Å². The summed E-state index contributed by atoms with van der Waals surface area (Å²) in [6, 6.07) is 0. The van der Waals surface area contributed by atoms with Gasteiger partial charge in [-0.05, 0) is 20.0 Å². The van der Waals surface area contributed by atoms with E-state index in [0.29, 0.717) is 0 Å². The number of likely N-dealkylation sites (N-methyl/N-ethyl adjacent to an activating group) is 1. The molecule has 0 radical (unpaired) electrons. The van der Waals surface area contributed by atoms with Crippen LogP contribution in [0.3, 0.4) is 0 Å². The van der Waals surface area contributed by atoms with Crippen molar-refractivity contribution in [2.75, 3.05) is 52.9 Å². The normalized spacial score (nSPS) is 31.9. The van der Waals surface area contributed by atoms with Crippen molar-refractivity contribution in [2.45, 2.75) is 12.0 Å². The lowest BCUT2D eigenvalue weighted by Crippen LogP contribution is -2.51. The second-order valence-corrected chi connectivity index (χ2v) is 4.73. The van der Waals surface area contributed by atoms with E-state index in [1.165, 1.54) is 0 Å². The van der Waals surface area contributed by atoms with E-state index in [9.17, 15) is 5.11 Å². The molecule has 0 aromatic carbocycles. The topological polar surface area (TPSA) is 38.7 Å². The lowest BCUT2D eigenvalue weighted by molar-refractivity contribution is 0.00788. The van der Waals surface area contributed by atoms with Gasteiger partial charge in [-0.25, -0.2) is 0 Å². The zero-order chi connectivity index (χ0) is 10.0. The molecule has 0 aromatic rings. The predicted octanol–water partition coefficient (Wildman–Crippen LogP) is -0.198. The van der Waals surface area contributed by atoms with Crippen LogP contribution in [-0.2, 0) is 0 Å². The molecule has 6 heteroatoms. The van der Waals surface area contributed by atoms with Gasteiger partial charge in [-0.2, -0.15) is 0 Å². The minimum absolute atomic E-state index is 0. The van der Waals surface area contributed by atoms with Crippen molar-refractivity contribution in [3.05, 3.63) is 0 Å². The van der Waals surface area contributed by atoms with Crippen LogP contribution in [-0.4, -0.2) is 73.4 Å². The quantitative estimate of drug-likeness (QED) is 0.730. The Morgan fingerprint density at radius 2 is 1.81 bits per heavy atom. The highest BCUT2D eigenvalue weighted by Crippen LogP contribution is 2.16. The number of halogens is 2. The van der Waals surface area contributed by atoms with Gasteiger partial charge in [0.15, 0.2) is 0 Å². The summed E-state index contributed by atoms with van der Waals surface area (Å²) in [5, 5.41) is 13.4. The van der Waals surface area contributed by atoms with Crippen LogP contribution in [0.15, 0.2) is 0 Å². The van der Waals surface area contributed by atoms with Crippen molar-refractivity contribution in [1.82, 2.24) is 15.1 Å². The van der Waals surface area contributed by atoms with Gasteiger partial charge in [-0.15, -0.1) is 24.8 Å². The Balaban J connectivity index is 0.00000112. The first-order chi connectivity index (χ1) is 6.68. The molecule has 2 rings (SSSR count). The van der Waals surface area contributed by atoms with Crippen LogP contribution in [0, 0.1) is 0 Å². The molecule has 0 bridgehead atoms. The largest absolute Gasteiger partial charge is 0.387 e. The van der Waals surface area contributed by atoms with Gasteiger partial charge in [0, 0.05) is 39.3 Å². The van der Waals surface area contributed by atoms with Crippen LogP contribution >= 0.6 is 24.8 Å². The van der Waals surface area contributed by atoms with E-state index in [4.69, 9.17) is 0 Å². The van der Waals surface area contributed by atoms with Gasteiger partial charge in [-0.1, -0.05) is 0 Å². The Morgan fingerprint density at radius 3 is 2.31 bits per heavy atom. The summed E-state index contributed by atoms with van der Waals surface area (Å²) in [7, 11) is 2.16. The van der Waals surface area contributed by atoms with E-state index in [1.54, 1.807) is 0 Å². The molecule has 2 saturated heterocycles. The fourth-order valence-corrected chi connectivity index (χ4v) is 2.29. The van der Waals surface area contributed by atoms with Crippen molar-refractivity contribution in [3.8, 4) is 0 Å². The van der Waals surface area contributed by atoms with Crippen LogP contribution in [0.5, 0.6) is 0 Å². The number of nitrogens with one attached hydrogen (secondary N) is 1. The smallest absolute Gasteiger partial charge is 0.0909 e. The Labute approximate surface area is 110 Å². The zero-order valence-electron chi connectivity index (χ0n) is 9.81. The molecule has 2 N–H and O–H groups in total. The molecule has 0 amide bonds. The average molecular weight is 272 g/mol. The van der Waals surface area contributed by atoms with Gasteiger partial charge in [-0.3, -0.25) is 4.90 Å². The summed E-state index contributed by atoms with van der Waals surface area (Å²) in [6.07, 6.45) is 0.902. The van der Waals surface area contributed by atoms with E-state index >= 15 is 0 Å². The second-order valence-electron chi connectivity index (χ2n) is 4.73. The molecule has 98 valence electrons. The molecule has 4 nitrogen and oxygen atoms in total. The Kier molecular flexibility index (Phi) is 7.17. The Morgan fingerprint density at radius 1 is 1.19 bits per heavy atom. The third kappa shape index (κ3) is 4.35. The molecule has 2 heterocycles. The van der Waals surface area contributed by atoms with Crippen molar-refractivity contribution >= 4 is 24.8 Å². The molecule has 2 fully saturated rings. The van der Waals surface area contributed by atoms with E-state index in [2.05, 4.69) is 22.2 Å². The fraction of sp³-hybridized carbons (Fsp3) is 1.00. The highest BCUT2D eigenvalue weighted by Gasteiger charge is 2.33. The highest BCUT2D eigenvalue weighted by molar-refractivity contribution is 5.85. The van der Waals surface area contributed by atoms with Gasteiger partial charge >= 0.3 is 0 Å². The first-order valence-corrected chi connectivity index (χ1v) is 5.52. The molecule has 1 unspecified atom stereocenters. The molecule has 0 spiro atoms. The van der Waals surface area contributed by atoms with Gasteiger partial charge in [0.2, 0.25) is 0 Å². The van der Waals surface area contributed by atoms with Gasteiger partial charge in [0.05, 0.1) is 5.60 Å². The minimum Gasteiger partial charge on any atom is -0.387 e. The lowest BCUT2D eigenvalue weighted by atomic mass is 10.0. The lowest BCUT2D eigenvalue weighted by Gasteiger charge is -2.36. The number of hydrogen-bond acceptors (Lipinski definition) is 4. The monoisotopic (exact) mass is 271 g/mol. The number of aliphatic hydroxyl groups is 1. The number of piperazine rings is 1. The molecular weight excluding hydrogens is 249 g/mol. The summed E-state index contributed by atoms with van der Waals surface area (Å²) >= 11 is 0. The third-order valence-electron chi connectivity index (χ3n) is 3.34. The number of β-amino-alcohol motifs (C(OH)–C–C–N with tert-alkyl or cyclic N) is 1. The number of nitrogens with zero attached hydrogens (tertiary/aromatic N) is 2. The third-order valence-corrected chi connectivity index (χ3v) is 3.34. The minimum atomic E-state index is -0.462. The van der Waals surface area contributed by atoms with Crippen LogP contribution < -0.4 is 5.32 Å². The maximum absolute atomic E-state index is 10.2. The van der Waals surface area contributed by atoms with Crippen LogP contribution in [0.4, 0.5) is 0 Å². The molecule has 0 saturated carbocycles. The predicted molar refractivity (Wildman–Crippen MR) is 70.9 cm³/mol. The van der Waals surface area contributed by atoms with Crippen LogP contribution in [0.25, 0.3) is 0 Å². The van der Waals surface area contributed by atoms with Gasteiger partial charge in [0.1, 0.15) is 0 Å². The van der Waals surface area contributed by atoms with E-state index in [1.807, 2.05) is 0 Å². The molecule has 16 heavy (non-hydrogen) atoms. The SMILES string of the molecule is CN1CCN(CC2(O)CCNC2)CC1.Cl.Cl. The first-order valence-electron chi connectivity index (χ1n) is 5.52. The van der Waals surface area contributed by atoms with Gasteiger partial charge in [0.25, 0.3) is 0 Å². The van der Waals surface area contributed by atoms with Crippen LogP contribution in [0.1, 0.15) is 6.42 Å². The van der Waals surface area contributed by atoms with E-state index in [0.717, 1.165) is 52.2 Å². The second kappa shape index (κ2) is 6.99. The summed E-state index contributed by atoms with van der Waals surface area (Å²) < 4.78 is 0. The summed E-state index contributed by atoms with van der Waals surface area (Å²) in [4.78, 5) is 4.72. The molecule has 0 aliphatic carbocycles. The molecular formula is C10H23Cl2N3O. The standard InChI is InChI=1S/C10H21N3O.2ClH/c1-12-4-6-13(7-5-12)9-10(14)2-3-11-8-10;;/h11,14H,2-9H2,1H3;2*1H. The van der Waals surface area contributed by atoms with Gasteiger partial charge < -0.3 is 15.3 Å². The van der Waals surface area contributed by atoms with Crippen molar-refractivity contribution in [1.29, 1.82) is 0 Å². The Hall–Kier alpha value is 0.420. The molecule has 2 aliphatic heterocycles. The summed E-state index contributed by atoms with van der Waals surface area (Å²) in [5.74, 6) is 0. The molecule has 1 atom stereocenters. The van der Waals surface area contributed by atoms with Crippen molar-refractivity contribution in [3.63, 3.8) is 0 Å². The van der Waals surface area contributed by atoms with E-state index in [-0.39, 0.29) is 24.8 Å². The van der Waals surface area contributed by atoms with Crippen LogP contribution in [0.2, 0.25) is 0 Å². The Bertz CT molecular complexity index is 193. The summed E-state index contributed by atoms with van der Waals surface area (Å²) in [5.41, 5.74) is -0.462. The maximum atomic E-state index is 10.2. The molecule has 0 aromatic heterocycles. The molecule has 2 aliphatic rings. The van der Waals surface area contributed by atoms with Crippen molar-refractivity contribution in [2.24, 2.45) is 0 Å². The zero-order valence-corrected chi connectivity index (χ0v) is 11.4. The maximum Gasteiger partial charge on any atom is 0.0909 e. The number of hydrogen-bond donors (Lipinski definition) is 2. The highest BCUT2D eigenvalue weighted by atomic mass is 35.5. The average Bonchev–Trinajstić information content (AvgIpc) is 2.57.